The first-order chi connectivity index (χ1) is 16.7. The molecule has 10 nitrogen and oxygen atoms in total. The second kappa shape index (κ2) is 10.2. The van der Waals surface area contributed by atoms with Crippen LogP contribution in [0, 0.1) is 0 Å². The van der Waals surface area contributed by atoms with Gasteiger partial charge in [0.1, 0.15) is 11.7 Å². The molecular formula is C23H25ClFN5O5. The number of ether oxygens (including phenoxy) is 3. The van der Waals surface area contributed by atoms with Gasteiger partial charge in [0.25, 0.3) is 0 Å². The molecule has 1 aliphatic heterocycles. The number of nitrogen functional groups attached to an aromatic ring is 1. The Hall–Kier alpha value is -3.15. The fourth-order valence-corrected chi connectivity index (χ4v) is 4.24. The molecule has 186 valence electrons. The molecule has 3 heterocycles. The molecule has 12 heteroatoms. The van der Waals surface area contributed by atoms with Gasteiger partial charge in [0.15, 0.2) is 23.5 Å². The maximum atomic E-state index is 15.0. The number of nitrogens with two attached hydrogens (primary N) is 1. The number of carbonyl (C=O) groups is 2. The summed E-state index contributed by atoms with van der Waals surface area (Å²) in [5.74, 6) is -1.26. The smallest absolute Gasteiger partial charge is 0.346 e. The number of imidazole rings is 1. The number of fused-ring (bicyclic) bond motifs is 1. The minimum Gasteiger partial charge on any atom is -0.463 e. The third-order valence-corrected chi connectivity index (χ3v) is 5.98. The summed E-state index contributed by atoms with van der Waals surface area (Å²) in [5.41, 5.74) is 5.15. The van der Waals surface area contributed by atoms with Gasteiger partial charge in [-0.15, -0.1) is 0 Å². The molecule has 35 heavy (non-hydrogen) atoms. The van der Waals surface area contributed by atoms with Crippen molar-refractivity contribution in [1.82, 2.24) is 19.5 Å². The monoisotopic (exact) mass is 505 g/mol. The lowest BCUT2D eigenvalue weighted by atomic mass is 9.90. The molecule has 1 aliphatic rings. The minimum absolute atomic E-state index is 0.0297. The second-order valence-corrected chi connectivity index (χ2v) is 8.52. The summed E-state index contributed by atoms with van der Waals surface area (Å²) in [6, 6.07) is 8.97. The van der Waals surface area contributed by atoms with E-state index in [-0.39, 0.29) is 48.3 Å². The molecule has 2 N–H and O–H groups in total. The van der Waals surface area contributed by atoms with Crippen LogP contribution >= 0.6 is 11.6 Å². The fraction of sp³-hybridized carbons (Fsp3) is 0.435. The van der Waals surface area contributed by atoms with Crippen molar-refractivity contribution in [2.24, 2.45) is 0 Å². The van der Waals surface area contributed by atoms with Crippen LogP contribution in [0.25, 0.3) is 11.2 Å². The highest BCUT2D eigenvalue weighted by Crippen LogP contribution is 2.35. The Labute approximate surface area is 205 Å². The summed E-state index contributed by atoms with van der Waals surface area (Å²) in [6.45, 7) is 2.76. The number of ketones is 1. The molecule has 0 bridgehead atoms. The van der Waals surface area contributed by atoms with Gasteiger partial charge in [-0.2, -0.15) is 9.97 Å². The van der Waals surface area contributed by atoms with E-state index in [0.717, 1.165) is 0 Å². The van der Waals surface area contributed by atoms with Crippen molar-refractivity contribution < 1.29 is 28.2 Å². The molecule has 3 aromatic rings. The van der Waals surface area contributed by atoms with E-state index >= 15 is 4.39 Å². The van der Waals surface area contributed by atoms with Gasteiger partial charge in [-0.25, -0.2) is 14.2 Å². The van der Waals surface area contributed by atoms with E-state index in [1.54, 1.807) is 31.2 Å². The number of anilines is 1. The Balaban J connectivity index is 1.55. The summed E-state index contributed by atoms with van der Waals surface area (Å²) in [7, 11) is 0. The molecule has 0 radical (unpaired) electrons. The van der Waals surface area contributed by atoms with E-state index in [9.17, 15) is 9.59 Å². The zero-order valence-electron chi connectivity index (χ0n) is 19.2. The number of aromatic nitrogens is 4. The summed E-state index contributed by atoms with van der Waals surface area (Å²) < 4.78 is 33.4. The standard InChI is InChI=1S/C23H25ClFN5O5/c1-3-33-21(32)23(13(2)31,10-14-7-5-4-6-8-14)34-11-15-9-16(25)20(35-15)30-12-27-17-18(26)28-22(24)29-19(17)30/h4-8,12,15-16,20H,3,9-11H2,1-2H3,(H2,26,28,29)/t15-,16-,20+,23?/m0/s1. The summed E-state index contributed by atoms with van der Waals surface area (Å²) in [4.78, 5) is 37.7. The van der Waals surface area contributed by atoms with E-state index in [4.69, 9.17) is 31.5 Å². The summed E-state index contributed by atoms with van der Waals surface area (Å²) in [5, 5.41) is -0.105. The van der Waals surface area contributed by atoms with E-state index < -0.39 is 35.9 Å². The molecule has 1 saturated heterocycles. The van der Waals surface area contributed by atoms with Crippen LogP contribution < -0.4 is 5.73 Å². The Morgan fingerprint density at radius 3 is 2.74 bits per heavy atom. The number of carbonyl (C=O) groups excluding carboxylic acids is 2. The number of Topliss-reactive ketones (excluding diaryl/α,β-unsaturated/α-hetero) is 1. The Kier molecular flexibility index (Phi) is 7.29. The molecule has 4 atom stereocenters. The topological polar surface area (TPSA) is 131 Å². The Morgan fingerprint density at radius 2 is 2.06 bits per heavy atom. The third kappa shape index (κ3) is 4.97. The van der Waals surface area contributed by atoms with Crippen LogP contribution in [0.2, 0.25) is 5.28 Å². The molecule has 4 rings (SSSR count). The highest BCUT2D eigenvalue weighted by molar-refractivity contribution is 6.28. The van der Waals surface area contributed by atoms with Crippen LogP contribution in [-0.4, -0.2) is 62.4 Å². The van der Waals surface area contributed by atoms with Crippen molar-refractivity contribution in [3.05, 3.63) is 47.5 Å². The first-order valence-electron chi connectivity index (χ1n) is 11.1. The van der Waals surface area contributed by atoms with Gasteiger partial charge < -0.3 is 19.9 Å². The SMILES string of the molecule is CCOC(=O)C(Cc1ccccc1)(OC[C@@H]1C[C@H](F)[C@H](n2cnc3c(N)nc(Cl)nc32)O1)C(C)=O. The normalized spacial score (nSPS) is 21.7. The number of nitrogens with zero attached hydrogens (tertiary/aromatic N) is 4. The number of halogens is 2. The fourth-order valence-electron chi connectivity index (χ4n) is 4.07. The lowest BCUT2D eigenvalue weighted by molar-refractivity contribution is -0.181. The predicted octanol–water partition coefficient (Wildman–Crippen LogP) is 2.84. The number of alkyl halides is 1. The molecule has 1 aromatic carbocycles. The van der Waals surface area contributed by atoms with Crippen LogP contribution in [0.4, 0.5) is 10.2 Å². The van der Waals surface area contributed by atoms with Crippen LogP contribution in [0.15, 0.2) is 36.7 Å². The predicted molar refractivity (Wildman–Crippen MR) is 124 cm³/mol. The summed E-state index contributed by atoms with van der Waals surface area (Å²) in [6.07, 6.45) is -2.01. The van der Waals surface area contributed by atoms with E-state index in [0.29, 0.717) is 5.56 Å². The minimum atomic E-state index is -1.89. The van der Waals surface area contributed by atoms with Crippen molar-refractivity contribution in [2.45, 2.75) is 50.8 Å². The zero-order chi connectivity index (χ0) is 25.2. The van der Waals surface area contributed by atoms with Crippen LogP contribution in [0.1, 0.15) is 32.1 Å². The van der Waals surface area contributed by atoms with Crippen molar-refractivity contribution in [1.29, 1.82) is 0 Å². The highest BCUT2D eigenvalue weighted by Gasteiger charge is 2.48. The average molecular weight is 506 g/mol. The first-order valence-corrected chi connectivity index (χ1v) is 11.4. The summed E-state index contributed by atoms with van der Waals surface area (Å²) >= 11 is 5.90. The first kappa shape index (κ1) is 25.0. The molecule has 0 saturated carbocycles. The molecule has 1 unspecified atom stereocenters. The molecular weight excluding hydrogens is 481 g/mol. The highest BCUT2D eigenvalue weighted by atomic mass is 35.5. The van der Waals surface area contributed by atoms with E-state index in [1.165, 1.54) is 17.8 Å². The second-order valence-electron chi connectivity index (χ2n) is 8.18. The Morgan fingerprint density at radius 1 is 1.31 bits per heavy atom. The third-order valence-electron chi connectivity index (χ3n) is 5.81. The maximum Gasteiger partial charge on any atom is 0.346 e. The largest absolute Gasteiger partial charge is 0.463 e. The van der Waals surface area contributed by atoms with E-state index in [1.807, 2.05) is 6.07 Å². The molecule has 1 fully saturated rings. The average Bonchev–Trinajstić information content (AvgIpc) is 3.40. The molecule has 0 aliphatic carbocycles. The van der Waals surface area contributed by atoms with Crippen LogP contribution in [0.5, 0.6) is 0 Å². The van der Waals surface area contributed by atoms with Gasteiger partial charge in [-0.3, -0.25) is 9.36 Å². The lowest BCUT2D eigenvalue weighted by Gasteiger charge is -2.30. The van der Waals surface area contributed by atoms with Crippen molar-refractivity contribution in [3.8, 4) is 0 Å². The number of rotatable bonds is 9. The molecule has 0 spiro atoms. The quantitative estimate of drug-likeness (QED) is 0.265. The number of benzene rings is 1. The van der Waals surface area contributed by atoms with E-state index in [2.05, 4.69) is 15.0 Å². The molecule has 0 amide bonds. The van der Waals surface area contributed by atoms with Crippen molar-refractivity contribution >= 4 is 40.3 Å². The van der Waals surface area contributed by atoms with Crippen LogP contribution in [-0.2, 0) is 30.2 Å². The van der Waals surface area contributed by atoms with Gasteiger partial charge in [0.05, 0.1) is 25.6 Å². The van der Waals surface area contributed by atoms with Crippen LogP contribution in [0.3, 0.4) is 0 Å². The number of esters is 1. The number of hydrogen-bond acceptors (Lipinski definition) is 9. The van der Waals surface area contributed by atoms with Gasteiger partial charge in [-0.05, 0) is 31.0 Å². The maximum absolute atomic E-state index is 15.0. The van der Waals surface area contributed by atoms with Crippen molar-refractivity contribution in [2.75, 3.05) is 18.9 Å². The lowest BCUT2D eigenvalue weighted by Crippen LogP contribution is -2.52. The van der Waals surface area contributed by atoms with Crippen molar-refractivity contribution in [3.63, 3.8) is 0 Å². The van der Waals surface area contributed by atoms with Gasteiger partial charge >= 0.3 is 5.97 Å². The van der Waals surface area contributed by atoms with Gasteiger partial charge in [0.2, 0.25) is 10.9 Å². The van der Waals surface area contributed by atoms with Gasteiger partial charge in [-0.1, -0.05) is 30.3 Å². The zero-order valence-corrected chi connectivity index (χ0v) is 19.9. The van der Waals surface area contributed by atoms with Gasteiger partial charge in [0, 0.05) is 12.8 Å². The number of hydrogen-bond donors (Lipinski definition) is 1. The molecule has 2 aromatic heterocycles. The Bertz CT molecular complexity index is 1230.